The van der Waals surface area contributed by atoms with Crippen molar-refractivity contribution in [1.82, 2.24) is 19.7 Å². The zero-order valence-corrected chi connectivity index (χ0v) is 24.2. The first kappa shape index (κ1) is 29.8. The fourth-order valence-corrected chi connectivity index (χ4v) is 5.36. The predicted octanol–water partition coefficient (Wildman–Crippen LogP) is 3.58. The van der Waals surface area contributed by atoms with Crippen LogP contribution in [0.15, 0.2) is 42.6 Å². The Bertz CT molecular complexity index is 1450. The Morgan fingerprint density at radius 1 is 1.02 bits per heavy atom. The number of piperazine rings is 1. The number of anilines is 1. The number of fused-ring (bicyclic) bond motifs is 1. The van der Waals surface area contributed by atoms with Gasteiger partial charge in [-0.05, 0) is 61.6 Å². The normalized spacial score (nSPS) is 14.6. The maximum atomic E-state index is 13.6. The monoisotopic (exact) mass is 561 g/mol. The molecule has 0 saturated carbocycles. The van der Waals surface area contributed by atoms with Gasteiger partial charge in [0.05, 0.1) is 0 Å². The molecule has 3 amide bonds. The number of hydrogen-bond donors (Lipinski definition) is 3. The van der Waals surface area contributed by atoms with Crippen LogP contribution in [0.1, 0.15) is 59.8 Å². The zero-order valence-electron chi connectivity index (χ0n) is 24.2. The van der Waals surface area contributed by atoms with Crippen LogP contribution in [0.4, 0.5) is 5.69 Å². The molecule has 1 atom stereocenters. The standard InChI is InChI=1S/C31H39N5O5/c1-20-18-36(28-17-25(31(41)32-4)10-11-26(20)28)21(2)30(40)33-27-16-23(8-9-24(27)6-5-7-29(38)39)19-34-12-14-35(15-13-34)22(3)37/h8-11,16-18,21H,5-7,12-15,19H2,1-4H3,(H,32,41)(H,33,40)(H,38,39). The molecule has 10 nitrogen and oxygen atoms in total. The fourth-order valence-electron chi connectivity index (χ4n) is 5.36. The van der Waals surface area contributed by atoms with Crippen molar-refractivity contribution in [3.05, 3.63) is 64.8 Å². The van der Waals surface area contributed by atoms with E-state index in [2.05, 4.69) is 15.5 Å². The Labute approximate surface area is 240 Å². The van der Waals surface area contributed by atoms with E-state index in [-0.39, 0.29) is 24.1 Å². The van der Waals surface area contributed by atoms with E-state index < -0.39 is 12.0 Å². The summed E-state index contributed by atoms with van der Waals surface area (Å²) in [5.74, 6) is -1.17. The van der Waals surface area contributed by atoms with E-state index in [4.69, 9.17) is 5.11 Å². The van der Waals surface area contributed by atoms with Gasteiger partial charge in [0.25, 0.3) is 5.91 Å². The number of aromatic nitrogens is 1. The lowest BCUT2D eigenvalue weighted by Crippen LogP contribution is -2.47. The average Bonchev–Trinajstić information content (AvgIpc) is 3.28. The summed E-state index contributed by atoms with van der Waals surface area (Å²) in [6.07, 6.45) is 2.96. The lowest BCUT2D eigenvalue weighted by molar-refractivity contribution is -0.137. The summed E-state index contributed by atoms with van der Waals surface area (Å²) < 4.78 is 1.88. The van der Waals surface area contributed by atoms with Crippen LogP contribution in [0.2, 0.25) is 0 Å². The molecule has 41 heavy (non-hydrogen) atoms. The molecular formula is C31H39N5O5. The first-order valence-electron chi connectivity index (χ1n) is 14.0. The molecule has 0 spiro atoms. The van der Waals surface area contributed by atoms with Gasteiger partial charge in [0.15, 0.2) is 0 Å². The van der Waals surface area contributed by atoms with Gasteiger partial charge in [0.2, 0.25) is 11.8 Å². The van der Waals surface area contributed by atoms with Crippen molar-refractivity contribution in [3.8, 4) is 0 Å². The van der Waals surface area contributed by atoms with Crippen molar-refractivity contribution < 1.29 is 24.3 Å². The Morgan fingerprint density at radius 3 is 2.41 bits per heavy atom. The van der Waals surface area contributed by atoms with E-state index in [1.54, 1.807) is 26.1 Å². The first-order chi connectivity index (χ1) is 19.6. The van der Waals surface area contributed by atoms with Crippen LogP contribution in [0.3, 0.4) is 0 Å². The number of carbonyl (C=O) groups excluding carboxylic acids is 3. The third kappa shape index (κ3) is 7.13. The topological polar surface area (TPSA) is 124 Å². The van der Waals surface area contributed by atoms with E-state index in [1.165, 1.54) is 0 Å². The lowest BCUT2D eigenvalue weighted by Gasteiger charge is -2.34. The molecule has 1 aromatic heterocycles. The summed E-state index contributed by atoms with van der Waals surface area (Å²) >= 11 is 0. The predicted molar refractivity (Wildman–Crippen MR) is 158 cm³/mol. The number of aliphatic carboxylic acids is 1. The van der Waals surface area contributed by atoms with Crippen LogP contribution in [-0.2, 0) is 27.3 Å². The highest BCUT2D eigenvalue weighted by Crippen LogP contribution is 2.28. The van der Waals surface area contributed by atoms with Crippen molar-refractivity contribution in [2.75, 3.05) is 38.5 Å². The molecule has 3 aromatic rings. The van der Waals surface area contributed by atoms with E-state index in [0.29, 0.717) is 43.7 Å². The maximum absolute atomic E-state index is 13.6. The molecule has 10 heteroatoms. The van der Waals surface area contributed by atoms with E-state index in [1.807, 2.05) is 53.8 Å². The second-order valence-electron chi connectivity index (χ2n) is 10.7. The maximum Gasteiger partial charge on any atom is 0.303 e. The summed E-state index contributed by atoms with van der Waals surface area (Å²) in [5, 5.41) is 15.8. The van der Waals surface area contributed by atoms with Gasteiger partial charge >= 0.3 is 5.97 Å². The number of amides is 3. The highest BCUT2D eigenvalue weighted by molar-refractivity contribution is 6.00. The molecule has 2 aromatic carbocycles. The number of aryl methyl sites for hydroxylation is 2. The van der Waals surface area contributed by atoms with Crippen LogP contribution in [-0.4, -0.2) is 76.4 Å². The smallest absolute Gasteiger partial charge is 0.303 e. The van der Waals surface area contributed by atoms with Gasteiger partial charge in [-0.2, -0.15) is 0 Å². The molecule has 1 saturated heterocycles. The van der Waals surface area contributed by atoms with E-state index in [9.17, 15) is 19.2 Å². The number of nitrogens with one attached hydrogen (secondary N) is 2. The molecule has 1 aliphatic rings. The fraction of sp³-hybridized carbons (Fsp3) is 0.419. The number of rotatable bonds is 10. The summed E-state index contributed by atoms with van der Waals surface area (Å²) in [4.78, 5) is 52.8. The van der Waals surface area contributed by atoms with Gasteiger partial charge < -0.3 is 25.2 Å². The minimum absolute atomic E-state index is 0.0499. The Morgan fingerprint density at radius 2 is 1.76 bits per heavy atom. The van der Waals surface area contributed by atoms with Gasteiger partial charge in [-0.25, -0.2) is 0 Å². The van der Waals surface area contributed by atoms with Crippen LogP contribution in [0, 0.1) is 6.92 Å². The number of carbonyl (C=O) groups is 4. The average molecular weight is 562 g/mol. The quantitative estimate of drug-likeness (QED) is 0.348. The number of carboxylic acid groups (broad SMARTS) is 1. The molecule has 4 rings (SSSR count). The van der Waals surface area contributed by atoms with Crippen LogP contribution >= 0.6 is 0 Å². The van der Waals surface area contributed by atoms with Crippen LogP contribution < -0.4 is 10.6 Å². The molecule has 218 valence electrons. The Kier molecular flexibility index (Phi) is 9.44. The van der Waals surface area contributed by atoms with E-state index >= 15 is 0 Å². The molecular weight excluding hydrogens is 522 g/mol. The number of hydrogen-bond acceptors (Lipinski definition) is 5. The second-order valence-corrected chi connectivity index (χ2v) is 10.7. The molecule has 2 heterocycles. The number of nitrogens with zero attached hydrogens (tertiary/aromatic N) is 3. The van der Waals surface area contributed by atoms with Crippen molar-refractivity contribution in [3.63, 3.8) is 0 Å². The van der Waals surface area contributed by atoms with Gasteiger partial charge in [-0.1, -0.05) is 18.2 Å². The van der Waals surface area contributed by atoms with Gasteiger partial charge in [-0.15, -0.1) is 0 Å². The third-order valence-corrected chi connectivity index (χ3v) is 7.81. The first-order valence-corrected chi connectivity index (χ1v) is 14.0. The molecule has 0 aliphatic carbocycles. The highest BCUT2D eigenvalue weighted by Gasteiger charge is 2.22. The minimum Gasteiger partial charge on any atom is -0.481 e. The molecule has 1 fully saturated rings. The van der Waals surface area contributed by atoms with Crippen molar-refractivity contribution in [2.45, 2.75) is 52.6 Å². The van der Waals surface area contributed by atoms with E-state index in [0.717, 1.165) is 40.7 Å². The largest absolute Gasteiger partial charge is 0.481 e. The summed E-state index contributed by atoms with van der Waals surface area (Å²) in [5.41, 5.74) is 4.91. The molecule has 1 unspecified atom stereocenters. The third-order valence-electron chi connectivity index (χ3n) is 7.81. The lowest BCUT2D eigenvalue weighted by atomic mass is 10.0. The molecule has 3 N–H and O–H groups in total. The molecule has 0 radical (unpaired) electrons. The number of benzene rings is 2. The summed E-state index contributed by atoms with van der Waals surface area (Å²) in [6.45, 7) is 9.00. The molecule has 1 aliphatic heterocycles. The van der Waals surface area contributed by atoms with Crippen LogP contribution in [0.5, 0.6) is 0 Å². The van der Waals surface area contributed by atoms with Crippen molar-refractivity contribution >= 4 is 40.3 Å². The second kappa shape index (κ2) is 13.0. The minimum atomic E-state index is -0.850. The molecule has 0 bridgehead atoms. The van der Waals surface area contributed by atoms with Crippen molar-refractivity contribution in [2.24, 2.45) is 0 Å². The Balaban J connectivity index is 1.56. The zero-order chi connectivity index (χ0) is 29.7. The van der Waals surface area contributed by atoms with Gasteiger partial charge in [-0.3, -0.25) is 24.1 Å². The summed E-state index contributed by atoms with van der Waals surface area (Å²) in [6, 6.07) is 10.9. The van der Waals surface area contributed by atoms with Crippen LogP contribution in [0.25, 0.3) is 10.9 Å². The van der Waals surface area contributed by atoms with Crippen molar-refractivity contribution in [1.29, 1.82) is 0 Å². The van der Waals surface area contributed by atoms with Gasteiger partial charge in [0, 0.05) is 81.5 Å². The Hall–Kier alpha value is -4.18. The number of carboxylic acids is 1. The van der Waals surface area contributed by atoms with Gasteiger partial charge in [0.1, 0.15) is 6.04 Å². The summed E-state index contributed by atoms with van der Waals surface area (Å²) in [7, 11) is 1.58. The highest BCUT2D eigenvalue weighted by atomic mass is 16.4. The SMILES string of the molecule is CNC(=O)c1ccc2c(C)cn(C(C)C(=O)Nc3cc(CN4CCN(C(C)=O)CC4)ccc3CCCC(=O)O)c2c1.